The van der Waals surface area contributed by atoms with Crippen molar-refractivity contribution in [2.24, 2.45) is 0 Å². The zero-order valence-electron chi connectivity index (χ0n) is 16.0. The number of carbonyl (C=O) groups is 1. The van der Waals surface area contributed by atoms with Crippen molar-refractivity contribution in [3.8, 4) is 5.75 Å². The molecule has 0 aliphatic carbocycles. The number of nitrogens with one attached hydrogen (secondary N) is 2. The number of ether oxygens (including phenoxy) is 2. The van der Waals surface area contributed by atoms with Gasteiger partial charge in [0.2, 0.25) is 5.95 Å². The first-order chi connectivity index (χ1) is 13.5. The molecule has 1 aromatic heterocycles. The van der Waals surface area contributed by atoms with Crippen LogP contribution in [0.5, 0.6) is 5.75 Å². The zero-order chi connectivity index (χ0) is 19.9. The molecule has 7 heteroatoms. The molecule has 0 radical (unpaired) electrons. The molecule has 0 spiro atoms. The van der Waals surface area contributed by atoms with Crippen LogP contribution in [-0.4, -0.2) is 29.2 Å². The first-order valence-electron chi connectivity index (χ1n) is 8.86. The fourth-order valence-corrected chi connectivity index (χ4v) is 2.52. The van der Waals surface area contributed by atoms with Crippen LogP contribution in [0.2, 0.25) is 0 Å². The van der Waals surface area contributed by atoms with Crippen molar-refractivity contribution >= 4 is 29.1 Å². The Morgan fingerprint density at radius 1 is 1.00 bits per heavy atom. The maximum atomic E-state index is 11.9. The summed E-state index contributed by atoms with van der Waals surface area (Å²) < 4.78 is 10.5. The fourth-order valence-electron chi connectivity index (χ4n) is 2.52. The third-order valence-electron chi connectivity index (χ3n) is 3.73. The van der Waals surface area contributed by atoms with E-state index in [2.05, 4.69) is 20.6 Å². The van der Waals surface area contributed by atoms with Gasteiger partial charge in [0.15, 0.2) is 0 Å². The Labute approximate surface area is 163 Å². The number of methoxy groups -OCH3 is 1. The lowest BCUT2D eigenvalue weighted by atomic mass is 10.2. The first-order valence-corrected chi connectivity index (χ1v) is 8.86. The molecule has 7 nitrogen and oxygen atoms in total. The minimum absolute atomic E-state index is 0.123. The van der Waals surface area contributed by atoms with E-state index in [1.807, 2.05) is 44.2 Å². The van der Waals surface area contributed by atoms with Crippen molar-refractivity contribution in [2.45, 2.75) is 20.0 Å². The van der Waals surface area contributed by atoms with Crippen LogP contribution < -0.4 is 15.4 Å². The van der Waals surface area contributed by atoms with E-state index in [1.54, 1.807) is 30.5 Å². The van der Waals surface area contributed by atoms with Gasteiger partial charge in [0, 0.05) is 11.9 Å². The molecule has 1 heterocycles. The van der Waals surface area contributed by atoms with Crippen LogP contribution in [0.15, 0.2) is 60.8 Å². The Hall–Kier alpha value is -3.61. The van der Waals surface area contributed by atoms with Crippen molar-refractivity contribution in [2.75, 3.05) is 17.7 Å². The van der Waals surface area contributed by atoms with E-state index < -0.39 is 5.97 Å². The van der Waals surface area contributed by atoms with Crippen LogP contribution in [0, 0.1) is 0 Å². The van der Waals surface area contributed by atoms with Crippen molar-refractivity contribution in [3.05, 3.63) is 66.4 Å². The summed E-state index contributed by atoms with van der Waals surface area (Å²) in [5, 5.41) is 6.28. The van der Waals surface area contributed by atoms with Gasteiger partial charge in [0.05, 0.1) is 24.5 Å². The lowest BCUT2D eigenvalue weighted by molar-refractivity contribution is 0.0602. The summed E-state index contributed by atoms with van der Waals surface area (Å²) in [5.74, 6) is 1.36. The molecule has 0 aliphatic heterocycles. The van der Waals surface area contributed by atoms with Gasteiger partial charge in [0.25, 0.3) is 0 Å². The van der Waals surface area contributed by atoms with Crippen LogP contribution in [0.4, 0.5) is 23.1 Å². The fraction of sp³-hybridized carbons (Fsp3) is 0.190. The molecule has 3 rings (SSSR count). The normalized spacial score (nSPS) is 10.4. The molecular weight excluding hydrogens is 356 g/mol. The third kappa shape index (κ3) is 4.97. The number of hydrogen-bond acceptors (Lipinski definition) is 7. The minimum atomic E-state index is -0.417. The van der Waals surface area contributed by atoms with Crippen LogP contribution in [0.1, 0.15) is 24.2 Å². The van der Waals surface area contributed by atoms with E-state index in [-0.39, 0.29) is 6.10 Å². The van der Waals surface area contributed by atoms with E-state index in [0.29, 0.717) is 23.0 Å². The predicted molar refractivity (Wildman–Crippen MR) is 109 cm³/mol. The van der Waals surface area contributed by atoms with Crippen LogP contribution in [0.25, 0.3) is 0 Å². The van der Waals surface area contributed by atoms with Crippen molar-refractivity contribution in [3.63, 3.8) is 0 Å². The third-order valence-corrected chi connectivity index (χ3v) is 3.73. The van der Waals surface area contributed by atoms with Crippen LogP contribution in [0.3, 0.4) is 0 Å². The van der Waals surface area contributed by atoms with Gasteiger partial charge in [-0.25, -0.2) is 9.78 Å². The van der Waals surface area contributed by atoms with Crippen LogP contribution >= 0.6 is 0 Å². The lowest BCUT2D eigenvalue weighted by Crippen LogP contribution is -2.07. The zero-order valence-corrected chi connectivity index (χ0v) is 16.0. The number of para-hydroxylation sites is 1. The number of rotatable bonds is 7. The van der Waals surface area contributed by atoms with E-state index in [9.17, 15) is 4.79 Å². The molecule has 0 atom stereocenters. The first kappa shape index (κ1) is 19.2. The van der Waals surface area contributed by atoms with Gasteiger partial charge in [0.1, 0.15) is 11.6 Å². The maximum Gasteiger partial charge on any atom is 0.339 e. The molecule has 28 heavy (non-hydrogen) atoms. The number of anilines is 4. The number of esters is 1. The van der Waals surface area contributed by atoms with Gasteiger partial charge in [-0.2, -0.15) is 4.98 Å². The molecule has 0 aliphatic rings. The van der Waals surface area contributed by atoms with Crippen molar-refractivity contribution < 1.29 is 14.3 Å². The molecule has 0 saturated carbocycles. The molecular formula is C21H22N4O3. The summed E-state index contributed by atoms with van der Waals surface area (Å²) in [4.78, 5) is 20.6. The molecule has 144 valence electrons. The second kappa shape index (κ2) is 8.85. The topological polar surface area (TPSA) is 85.4 Å². The SMILES string of the molecule is COC(=O)c1ccccc1Nc1ccnc(Nc2ccc(OC(C)C)cc2)n1. The smallest absolute Gasteiger partial charge is 0.339 e. The second-order valence-electron chi connectivity index (χ2n) is 6.24. The van der Waals surface area contributed by atoms with Gasteiger partial charge >= 0.3 is 5.97 Å². The monoisotopic (exact) mass is 378 g/mol. The second-order valence-corrected chi connectivity index (χ2v) is 6.24. The highest BCUT2D eigenvalue weighted by Crippen LogP contribution is 2.22. The standard InChI is InChI=1S/C21H22N4O3/c1-14(2)28-16-10-8-15(9-11-16)23-21-22-13-12-19(25-21)24-18-7-5-4-6-17(18)20(26)27-3/h4-14H,1-3H3,(H2,22,23,24,25). The number of benzene rings is 2. The summed E-state index contributed by atoms with van der Waals surface area (Å²) in [5.41, 5.74) is 1.87. The number of nitrogens with zero attached hydrogens (tertiary/aromatic N) is 2. The summed E-state index contributed by atoms with van der Waals surface area (Å²) in [6.45, 7) is 3.97. The Bertz CT molecular complexity index is 942. The maximum absolute atomic E-state index is 11.9. The summed E-state index contributed by atoms with van der Waals surface area (Å²) in [6.07, 6.45) is 1.76. The van der Waals surface area contributed by atoms with Gasteiger partial charge < -0.3 is 20.1 Å². The largest absolute Gasteiger partial charge is 0.491 e. The molecule has 3 aromatic rings. The number of aromatic nitrogens is 2. The quantitative estimate of drug-likeness (QED) is 0.584. The molecule has 2 aromatic carbocycles. The highest BCUT2D eigenvalue weighted by molar-refractivity contribution is 5.96. The van der Waals surface area contributed by atoms with E-state index in [0.717, 1.165) is 11.4 Å². The highest BCUT2D eigenvalue weighted by Gasteiger charge is 2.11. The van der Waals surface area contributed by atoms with Crippen LogP contribution in [-0.2, 0) is 4.74 Å². The molecule has 0 bridgehead atoms. The van der Waals surface area contributed by atoms with E-state index in [1.165, 1.54) is 7.11 Å². The van der Waals surface area contributed by atoms with Crippen molar-refractivity contribution in [1.82, 2.24) is 9.97 Å². The number of carbonyl (C=O) groups excluding carboxylic acids is 1. The van der Waals surface area contributed by atoms with Gasteiger partial charge in [-0.05, 0) is 56.3 Å². The Kier molecular flexibility index (Phi) is 6.06. The average Bonchev–Trinajstić information content (AvgIpc) is 2.69. The predicted octanol–water partition coefficient (Wildman–Crippen LogP) is 4.54. The summed E-state index contributed by atoms with van der Waals surface area (Å²) in [7, 11) is 1.35. The number of hydrogen-bond donors (Lipinski definition) is 2. The molecule has 2 N–H and O–H groups in total. The highest BCUT2D eigenvalue weighted by atomic mass is 16.5. The molecule has 0 unspecified atom stereocenters. The minimum Gasteiger partial charge on any atom is -0.491 e. The molecule has 0 amide bonds. The average molecular weight is 378 g/mol. The van der Waals surface area contributed by atoms with Gasteiger partial charge in [-0.1, -0.05) is 12.1 Å². The van der Waals surface area contributed by atoms with E-state index in [4.69, 9.17) is 9.47 Å². The Balaban J connectivity index is 1.74. The Morgan fingerprint density at radius 2 is 1.75 bits per heavy atom. The molecule has 0 saturated heterocycles. The molecule has 0 fully saturated rings. The Morgan fingerprint density at radius 3 is 2.46 bits per heavy atom. The lowest BCUT2D eigenvalue weighted by Gasteiger charge is -2.12. The summed E-state index contributed by atoms with van der Waals surface area (Å²) >= 11 is 0. The van der Waals surface area contributed by atoms with Gasteiger partial charge in [-0.15, -0.1) is 0 Å². The van der Waals surface area contributed by atoms with Crippen molar-refractivity contribution in [1.29, 1.82) is 0 Å². The van der Waals surface area contributed by atoms with E-state index >= 15 is 0 Å². The van der Waals surface area contributed by atoms with Gasteiger partial charge in [-0.3, -0.25) is 0 Å². The summed E-state index contributed by atoms with van der Waals surface area (Å²) in [6, 6.07) is 16.4.